The third-order valence-electron chi connectivity index (χ3n) is 9.00. The van der Waals surface area contributed by atoms with E-state index in [9.17, 15) is 9.59 Å². The van der Waals surface area contributed by atoms with E-state index in [0.29, 0.717) is 46.9 Å². The van der Waals surface area contributed by atoms with E-state index in [1.54, 1.807) is 12.4 Å². The summed E-state index contributed by atoms with van der Waals surface area (Å²) in [5.41, 5.74) is 9.88. The van der Waals surface area contributed by atoms with Gasteiger partial charge in [-0.1, -0.05) is 90.1 Å². The van der Waals surface area contributed by atoms with Gasteiger partial charge >= 0.3 is 0 Å². The quantitative estimate of drug-likeness (QED) is 0.175. The fraction of sp³-hybridized carbons (Fsp3) is 0.302. The highest BCUT2D eigenvalue weighted by atomic mass is 79.9. The van der Waals surface area contributed by atoms with E-state index in [0.717, 1.165) is 31.9 Å². The summed E-state index contributed by atoms with van der Waals surface area (Å²) in [6, 6.07) is 24.3. The molecule has 0 radical (unpaired) electrons. The summed E-state index contributed by atoms with van der Waals surface area (Å²) in [4.78, 5) is 42.7. The first kappa shape index (κ1) is 38.2. The number of nitrogens with one attached hydrogen (secondary N) is 2. The molecule has 0 atom stereocenters. The molecule has 9 heteroatoms. The molecule has 0 aliphatic carbocycles. The molecule has 0 saturated heterocycles. The second kappa shape index (κ2) is 15.7. The molecular weight excluding hydrogens is 712 g/mol. The van der Waals surface area contributed by atoms with Crippen LogP contribution in [0, 0.1) is 20.8 Å². The molecule has 0 spiro atoms. The minimum Gasteiger partial charge on any atom is -0.348 e. The maximum Gasteiger partial charge on any atom is 0.253 e. The van der Waals surface area contributed by atoms with E-state index in [1.165, 1.54) is 11.1 Å². The third-order valence-corrected chi connectivity index (χ3v) is 9.43. The van der Waals surface area contributed by atoms with Gasteiger partial charge in [0, 0.05) is 40.7 Å². The lowest BCUT2D eigenvalue weighted by Gasteiger charge is -2.19. The van der Waals surface area contributed by atoms with E-state index in [1.807, 2.05) is 45.0 Å². The zero-order valence-corrected chi connectivity index (χ0v) is 33.1. The fourth-order valence-electron chi connectivity index (χ4n) is 5.68. The van der Waals surface area contributed by atoms with Crippen LogP contribution in [0.3, 0.4) is 0 Å². The van der Waals surface area contributed by atoms with Crippen LogP contribution >= 0.6 is 15.9 Å². The predicted molar refractivity (Wildman–Crippen MR) is 214 cm³/mol. The Morgan fingerprint density at radius 3 is 1.62 bits per heavy atom. The van der Waals surface area contributed by atoms with Crippen molar-refractivity contribution >= 4 is 49.8 Å². The van der Waals surface area contributed by atoms with Crippen molar-refractivity contribution in [2.45, 2.75) is 86.2 Å². The van der Waals surface area contributed by atoms with E-state index in [-0.39, 0.29) is 22.6 Å². The number of benzene rings is 2. The first-order valence-electron chi connectivity index (χ1n) is 17.4. The van der Waals surface area contributed by atoms with Crippen molar-refractivity contribution < 1.29 is 9.59 Å². The highest BCUT2D eigenvalue weighted by Gasteiger charge is 2.16. The van der Waals surface area contributed by atoms with Gasteiger partial charge in [-0.05, 0) is 99.6 Å². The van der Waals surface area contributed by atoms with Crippen LogP contribution in [0.15, 0.2) is 89.7 Å². The summed E-state index contributed by atoms with van der Waals surface area (Å²) in [6.07, 6.45) is 3.45. The molecule has 8 nitrogen and oxygen atoms in total. The number of halogens is 1. The number of hydrogen-bond acceptors (Lipinski definition) is 6. The van der Waals surface area contributed by atoms with E-state index >= 15 is 0 Å². The first-order chi connectivity index (χ1) is 24.5. The molecule has 0 aliphatic rings. The van der Waals surface area contributed by atoms with Gasteiger partial charge in [-0.25, -0.2) is 19.9 Å². The molecule has 2 aromatic carbocycles. The normalized spacial score (nSPS) is 11.6. The van der Waals surface area contributed by atoms with Crippen molar-refractivity contribution in [2.75, 3.05) is 0 Å². The number of aryl methyl sites for hydroxylation is 3. The van der Waals surface area contributed by atoms with E-state index in [4.69, 9.17) is 0 Å². The van der Waals surface area contributed by atoms with Gasteiger partial charge in [0.1, 0.15) is 0 Å². The van der Waals surface area contributed by atoms with Crippen LogP contribution in [-0.4, -0.2) is 31.8 Å². The van der Waals surface area contributed by atoms with Crippen LogP contribution in [0.2, 0.25) is 0 Å². The lowest BCUT2D eigenvalue weighted by atomic mass is 9.87. The van der Waals surface area contributed by atoms with Gasteiger partial charge in [0.05, 0.1) is 22.5 Å². The second-order valence-electron chi connectivity index (χ2n) is 15.2. The summed E-state index contributed by atoms with van der Waals surface area (Å²) in [5, 5.41) is 7.73. The topological polar surface area (TPSA) is 110 Å². The Bertz CT molecular complexity index is 2240. The lowest BCUT2D eigenvalue weighted by Crippen LogP contribution is -2.24. The number of pyridine rings is 4. The van der Waals surface area contributed by atoms with Crippen LogP contribution in [0.4, 0.5) is 0 Å². The van der Waals surface area contributed by atoms with E-state index < -0.39 is 0 Å². The molecule has 52 heavy (non-hydrogen) atoms. The summed E-state index contributed by atoms with van der Waals surface area (Å²) in [5.74, 6) is -0.239. The zero-order valence-electron chi connectivity index (χ0n) is 31.5. The minimum absolute atomic E-state index is 0.111. The van der Waals surface area contributed by atoms with Crippen molar-refractivity contribution in [1.29, 1.82) is 0 Å². The molecule has 0 saturated carbocycles. The molecule has 6 rings (SSSR count). The van der Waals surface area contributed by atoms with Gasteiger partial charge in [-0.3, -0.25) is 9.59 Å². The molecule has 0 unspecified atom stereocenters. The maximum atomic E-state index is 12.6. The van der Waals surface area contributed by atoms with Crippen LogP contribution in [0.1, 0.15) is 101 Å². The summed E-state index contributed by atoms with van der Waals surface area (Å²) in [6.45, 7) is 19.8. The van der Waals surface area contributed by atoms with E-state index in [2.05, 4.69) is 137 Å². The van der Waals surface area contributed by atoms with Gasteiger partial charge in [0.15, 0.2) is 11.3 Å². The fourth-order valence-corrected chi connectivity index (χ4v) is 6.03. The SMILES string of the molecule is Cc1nc2ncc(Br)cc2cc1C(=O)NCc1ccc(C(C)(C)C)cc1.Cc1nc2nccc(C)c2cc1C(=O)NCc1ccc(C(C)(C)C)cc1. The Morgan fingerprint density at radius 2 is 1.12 bits per heavy atom. The largest absolute Gasteiger partial charge is 0.348 e. The maximum absolute atomic E-state index is 12.6. The van der Waals surface area contributed by atoms with Crippen molar-refractivity contribution in [3.05, 3.63) is 140 Å². The second-order valence-corrected chi connectivity index (χ2v) is 16.1. The smallest absolute Gasteiger partial charge is 0.253 e. The number of carbonyl (C=O) groups excluding carboxylic acids is 2. The van der Waals surface area contributed by atoms with Gasteiger partial charge < -0.3 is 10.6 Å². The average molecular weight is 760 g/mol. The number of hydrogen-bond donors (Lipinski definition) is 2. The Kier molecular flexibility index (Phi) is 11.5. The summed E-state index contributed by atoms with van der Waals surface area (Å²) >= 11 is 3.40. The Hall–Kier alpha value is -5.02. The van der Waals surface area contributed by atoms with Crippen molar-refractivity contribution in [1.82, 2.24) is 30.6 Å². The molecule has 6 aromatic rings. The number of carbonyl (C=O) groups is 2. The number of aromatic nitrogens is 4. The van der Waals surface area contributed by atoms with Crippen molar-refractivity contribution in [3.63, 3.8) is 0 Å². The molecule has 4 heterocycles. The van der Waals surface area contributed by atoms with Crippen LogP contribution in [-0.2, 0) is 23.9 Å². The Balaban J connectivity index is 0.000000201. The lowest BCUT2D eigenvalue weighted by molar-refractivity contribution is 0.0942. The number of amides is 2. The highest BCUT2D eigenvalue weighted by molar-refractivity contribution is 9.10. The van der Waals surface area contributed by atoms with Crippen molar-refractivity contribution in [3.8, 4) is 0 Å². The molecule has 4 aromatic heterocycles. The predicted octanol–water partition coefficient (Wildman–Crippen LogP) is 9.40. The molecule has 2 N–H and O–H groups in total. The van der Waals surface area contributed by atoms with Crippen LogP contribution in [0.5, 0.6) is 0 Å². The van der Waals surface area contributed by atoms with Gasteiger partial charge in [-0.15, -0.1) is 0 Å². The highest BCUT2D eigenvalue weighted by Crippen LogP contribution is 2.24. The van der Waals surface area contributed by atoms with Gasteiger partial charge in [-0.2, -0.15) is 0 Å². The molecule has 2 amide bonds. The average Bonchev–Trinajstić information content (AvgIpc) is 3.09. The van der Waals surface area contributed by atoms with Gasteiger partial charge in [0.2, 0.25) is 0 Å². The molecule has 268 valence electrons. The molecule has 0 bridgehead atoms. The molecule has 0 aliphatic heterocycles. The van der Waals surface area contributed by atoms with Crippen LogP contribution in [0.25, 0.3) is 22.1 Å². The number of nitrogens with zero attached hydrogens (tertiary/aromatic N) is 4. The first-order valence-corrected chi connectivity index (χ1v) is 18.2. The molecular formula is C43H47BrN6O2. The standard InChI is InChI=1S/C22H25N3O.C21H22BrN3O/c1-14-10-11-23-20-18(14)12-19(15(2)25-20)21(26)24-13-16-6-8-17(9-7-16)22(3,4)5;1-13-18(10-15-9-17(22)12-23-19(15)25-13)20(26)24-11-14-5-7-16(8-6-14)21(2,3)4/h6-12H,13H2,1-5H3,(H,24,26);5-10,12H,11H2,1-4H3,(H,24,26). The van der Waals surface area contributed by atoms with Crippen molar-refractivity contribution in [2.24, 2.45) is 0 Å². The Labute approximate surface area is 315 Å². The summed E-state index contributed by atoms with van der Waals surface area (Å²) in [7, 11) is 0. The van der Waals surface area contributed by atoms with Gasteiger partial charge in [0.25, 0.3) is 11.8 Å². The number of rotatable bonds is 6. The third kappa shape index (κ3) is 9.44. The monoisotopic (exact) mass is 758 g/mol. The zero-order chi connectivity index (χ0) is 37.8. The van der Waals surface area contributed by atoms with Crippen LogP contribution < -0.4 is 10.6 Å². The molecule has 0 fully saturated rings. The Morgan fingerprint density at radius 1 is 0.635 bits per heavy atom. The minimum atomic E-state index is -0.128. The number of fused-ring (bicyclic) bond motifs is 2. The summed E-state index contributed by atoms with van der Waals surface area (Å²) < 4.78 is 0.862.